The monoisotopic (exact) mass is 438 g/mol. The number of rotatable bonds is 6. The van der Waals surface area contributed by atoms with Gasteiger partial charge in [-0.3, -0.25) is 0 Å². The van der Waals surface area contributed by atoms with Crippen LogP contribution >= 0.6 is 12.2 Å². The molecule has 0 heterocycles. The standard InChI is InChI=1S/C17H20N2O2S.CH2O3.K.Na/c1-3-20-15-9-5-13(6-10-15)18-17(22)19-14-7-11-16(12-8-14)21-4-2;2-1(3)4;;/h5-12H,3-4H2,1-2H3,(H2,18,19,22);(H2,2,3,4);;/q;;2*+1/p-2. The predicted octanol–water partition coefficient (Wildman–Crippen LogP) is -4.15. The first-order valence-electron chi connectivity index (χ1n) is 7.86. The maximum absolute atomic E-state index is 8.33. The van der Waals surface area contributed by atoms with Crippen molar-refractivity contribution in [1.29, 1.82) is 0 Å². The Kier molecular flexibility index (Phi) is 18.6. The largest absolute Gasteiger partial charge is 1.00 e. The van der Waals surface area contributed by atoms with Crippen LogP contribution in [-0.2, 0) is 0 Å². The molecule has 0 aromatic heterocycles. The second-order valence-corrected chi connectivity index (χ2v) is 5.15. The molecule has 0 radical (unpaired) electrons. The first-order chi connectivity index (χ1) is 12.4. The van der Waals surface area contributed by atoms with E-state index in [0.29, 0.717) is 18.3 Å². The molecule has 2 aromatic carbocycles. The molecule has 10 heteroatoms. The molecule has 28 heavy (non-hydrogen) atoms. The van der Waals surface area contributed by atoms with Gasteiger partial charge in [-0.05, 0) is 80.8 Å². The average molecular weight is 439 g/mol. The summed E-state index contributed by atoms with van der Waals surface area (Å²) in [6.45, 7) is 5.24. The molecule has 0 fully saturated rings. The second kappa shape index (κ2) is 17.5. The van der Waals surface area contributed by atoms with Gasteiger partial charge in [-0.1, -0.05) is 0 Å². The van der Waals surface area contributed by atoms with Gasteiger partial charge in [0.25, 0.3) is 0 Å². The Balaban J connectivity index is 0. The molecule has 0 unspecified atom stereocenters. The van der Waals surface area contributed by atoms with Crippen LogP contribution in [0.1, 0.15) is 13.8 Å². The number of benzene rings is 2. The number of thiocarbonyl (C=S) groups is 1. The summed E-state index contributed by atoms with van der Waals surface area (Å²) >= 11 is 5.30. The van der Waals surface area contributed by atoms with Crippen LogP contribution in [0.25, 0.3) is 0 Å². The van der Waals surface area contributed by atoms with Crippen molar-refractivity contribution in [3.63, 3.8) is 0 Å². The Morgan fingerprint density at radius 1 is 0.857 bits per heavy atom. The normalized spacial score (nSPS) is 8.64. The van der Waals surface area contributed by atoms with Crippen LogP contribution in [0.5, 0.6) is 11.5 Å². The van der Waals surface area contributed by atoms with E-state index < -0.39 is 6.16 Å². The van der Waals surface area contributed by atoms with Crippen molar-refractivity contribution in [2.24, 2.45) is 0 Å². The second-order valence-electron chi connectivity index (χ2n) is 4.74. The van der Waals surface area contributed by atoms with Crippen molar-refractivity contribution < 1.29 is 105 Å². The molecule has 0 saturated carbocycles. The molecule has 0 amide bonds. The summed E-state index contributed by atoms with van der Waals surface area (Å²) < 4.78 is 10.8. The zero-order valence-electron chi connectivity index (χ0n) is 16.5. The molecule has 140 valence electrons. The third kappa shape index (κ3) is 13.8. The third-order valence-electron chi connectivity index (χ3n) is 2.85. The molecular formula is C18H20KN2NaO5S. The molecule has 0 saturated heterocycles. The summed E-state index contributed by atoms with van der Waals surface area (Å²) in [6, 6.07) is 15.3. The van der Waals surface area contributed by atoms with Crippen molar-refractivity contribution in [3.05, 3.63) is 48.5 Å². The number of hydrogen-bond acceptors (Lipinski definition) is 6. The van der Waals surface area contributed by atoms with Crippen LogP contribution in [0.15, 0.2) is 48.5 Å². The Morgan fingerprint density at radius 3 is 1.39 bits per heavy atom. The van der Waals surface area contributed by atoms with Crippen molar-refractivity contribution in [2.75, 3.05) is 23.8 Å². The summed E-state index contributed by atoms with van der Waals surface area (Å²) in [7, 11) is 0. The van der Waals surface area contributed by atoms with Crippen LogP contribution in [0.3, 0.4) is 0 Å². The van der Waals surface area contributed by atoms with Crippen LogP contribution in [0.4, 0.5) is 16.2 Å². The van der Waals surface area contributed by atoms with Gasteiger partial charge in [0, 0.05) is 11.4 Å². The molecule has 0 bridgehead atoms. The van der Waals surface area contributed by atoms with E-state index in [-0.39, 0.29) is 80.9 Å². The number of carboxylic acid groups (broad SMARTS) is 2. The minimum Gasteiger partial charge on any atom is -0.652 e. The fourth-order valence-corrected chi connectivity index (χ4v) is 2.13. The maximum atomic E-state index is 8.33. The maximum Gasteiger partial charge on any atom is 1.00 e. The van der Waals surface area contributed by atoms with Gasteiger partial charge >= 0.3 is 80.9 Å². The van der Waals surface area contributed by atoms with Gasteiger partial charge in [-0.2, -0.15) is 0 Å². The van der Waals surface area contributed by atoms with E-state index in [1.165, 1.54) is 0 Å². The minimum absolute atomic E-state index is 0. The summed E-state index contributed by atoms with van der Waals surface area (Å²) in [5.41, 5.74) is 1.82. The molecule has 0 atom stereocenters. The van der Waals surface area contributed by atoms with Gasteiger partial charge in [0.2, 0.25) is 0 Å². The number of hydrogen-bond donors (Lipinski definition) is 2. The van der Waals surface area contributed by atoms with Crippen molar-refractivity contribution in [1.82, 2.24) is 0 Å². The van der Waals surface area contributed by atoms with Gasteiger partial charge < -0.3 is 35.1 Å². The number of carbonyl (C=O) groups is 1. The summed E-state index contributed by atoms with van der Waals surface area (Å²) in [4.78, 5) is 8.33. The van der Waals surface area contributed by atoms with Crippen LogP contribution in [0.2, 0.25) is 0 Å². The minimum atomic E-state index is -2.33. The molecular weight excluding hydrogens is 418 g/mol. The van der Waals surface area contributed by atoms with E-state index in [1.807, 2.05) is 62.4 Å². The van der Waals surface area contributed by atoms with Gasteiger partial charge in [0.1, 0.15) is 11.5 Å². The molecule has 0 spiro atoms. The number of nitrogens with one attached hydrogen (secondary N) is 2. The predicted molar refractivity (Wildman–Crippen MR) is 100 cm³/mol. The SMILES string of the molecule is CCOc1ccc(NC(=S)Nc2ccc(OCC)cc2)cc1.O=C([O-])[O-].[K+].[Na+]. The van der Waals surface area contributed by atoms with E-state index >= 15 is 0 Å². The Morgan fingerprint density at radius 2 is 1.14 bits per heavy atom. The molecule has 7 nitrogen and oxygen atoms in total. The third-order valence-corrected chi connectivity index (χ3v) is 3.05. The topological polar surface area (TPSA) is 106 Å². The molecule has 0 aliphatic carbocycles. The van der Waals surface area contributed by atoms with Crippen LogP contribution in [0, 0.1) is 0 Å². The summed E-state index contributed by atoms with van der Waals surface area (Å²) in [6.07, 6.45) is -2.33. The fraction of sp³-hybridized carbons (Fsp3) is 0.222. The zero-order chi connectivity index (χ0) is 19.4. The average Bonchev–Trinajstić information content (AvgIpc) is 2.58. The number of ether oxygens (including phenoxy) is 2. The summed E-state index contributed by atoms with van der Waals surface area (Å²) in [5, 5.41) is 23.5. The van der Waals surface area contributed by atoms with E-state index in [0.717, 1.165) is 22.9 Å². The summed E-state index contributed by atoms with van der Waals surface area (Å²) in [5.74, 6) is 1.69. The van der Waals surface area contributed by atoms with Gasteiger partial charge in [0.05, 0.1) is 13.2 Å². The molecule has 2 rings (SSSR count). The fourth-order valence-electron chi connectivity index (χ4n) is 1.90. The molecule has 2 aromatic rings. The van der Waals surface area contributed by atoms with Crippen molar-refractivity contribution in [2.45, 2.75) is 13.8 Å². The van der Waals surface area contributed by atoms with Crippen molar-refractivity contribution >= 4 is 34.9 Å². The van der Waals surface area contributed by atoms with E-state index in [9.17, 15) is 0 Å². The Bertz CT molecular complexity index is 645. The van der Waals surface area contributed by atoms with E-state index in [2.05, 4.69) is 10.6 Å². The molecule has 0 aliphatic rings. The number of carbonyl (C=O) groups excluding carboxylic acids is 1. The van der Waals surface area contributed by atoms with Gasteiger partial charge in [0.15, 0.2) is 5.11 Å². The quantitative estimate of drug-likeness (QED) is 0.346. The Hall–Kier alpha value is -0.364. The van der Waals surface area contributed by atoms with E-state index in [4.69, 9.17) is 36.7 Å². The molecule has 0 aliphatic heterocycles. The first kappa shape index (κ1) is 29.8. The van der Waals surface area contributed by atoms with Crippen LogP contribution < -0.4 is 111 Å². The first-order valence-corrected chi connectivity index (χ1v) is 8.27. The van der Waals surface area contributed by atoms with Crippen LogP contribution in [-0.4, -0.2) is 24.5 Å². The van der Waals surface area contributed by atoms with E-state index in [1.54, 1.807) is 0 Å². The van der Waals surface area contributed by atoms with Gasteiger partial charge in [-0.25, -0.2) is 0 Å². The zero-order valence-corrected chi connectivity index (χ0v) is 22.4. The number of anilines is 2. The van der Waals surface area contributed by atoms with Gasteiger partial charge in [-0.15, -0.1) is 0 Å². The van der Waals surface area contributed by atoms with Crippen molar-refractivity contribution in [3.8, 4) is 11.5 Å². The smallest absolute Gasteiger partial charge is 0.652 e. The molecule has 2 N–H and O–H groups in total. The Labute approximate surface area is 234 Å².